The highest BCUT2D eigenvalue weighted by atomic mass is 16.1. The van der Waals surface area contributed by atoms with Crippen molar-refractivity contribution < 1.29 is 4.79 Å². The number of carbonyl (C=O) groups excluding carboxylic acids is 1. The predicted molar refractivity (Wildman–Crippen MR) is 88.0 cm³/mol. The second-order valence-corrected chi connectivity index (χ2v) is 5.78. The summed E-state index contributed by atoms with van der Waals surface area (Å²) in [5.41, 5.74) is 1.09. The fraction of sp³-hybridized carbons (Fsp3) is 0.412. The number of nitrogens with zero attached hydrogens (tertiary/aromatic N) is 4. The lowest BCUT2D eigenvalue weighted by molar-refractivity contribution is -0.121. The highest BCUT2D eigenvalue weighted by molar-refractivity contribution is 5.76. The Kier molecular flexibility index (Phi) is 5.13. The molecule has 1 saturated heterocycles. The maximum atomic E-state index is 12.1. The van der Waals surface area contributed by atoms with Crippen molar-refractivity contribution in [2.45, 2.75) is 31.7 Å². The number of amides is 1. The Balaban J connectivity index is 1.48. The standard InChI is InChI=1S/C17H21N5O/c23-17(6-5-14-3-1-7-18-11-14)21-15-4-2-10-22(13-15)16-12-19-8-9-20-16/h1,3,7-9,11-12,15H,2,4-6,10,13H2,(H,21,23). The molecule has 1 amide bonds. The predicted octanol–water partition coefficient (Wildman–Crippen LogP) is 1.59. The molecule has 1 unspecified atom stereocenters. The maximum absolute atomic E-state index is 12.1. The third kappa shape index (κ3) is 4.48. The molecule has 1 aliphatic heterocycles. The van der Waals surface area contributed by atoms with E-state index >= 15 is 0 Å². The summed E-state index contributed by atoms with van der Waals surface area (Å²) in [7, 11) is 0. The van der Waals surface area contributed by atoms with Gasteiger partial charge in [0.15, 0.2) is 0 Å². The molecule has 1 atom stereocenters. The number of aromatic nitrogens is 3. The van der Waals surface area contributed by atoms with Gasteiger partial charge in [-0.25, -0.2) is 4.98 Å². The van der Waals surface area contributed by atoms with Gasteiger partial charge in [-0.15, -0.1) is 0 Å². The van der Waals surface area contributed by atoms with Gasteiger partial charge in [-0.2, -0.15) is 0 Å². The second-order valence-electron chi connectivity index (χ2n) is 5.78. The van der Waals surface area contributed by atoms with E-state index in [1.807, 2.05) is 18.3 Å². The van der Waals surface area contributed by atoms with Gasteiger partial charge in [0.1, 0.15) is 5.82 Å². The van der Waals surface area contributed by atoms with Crippen LogP contribution in [0.3, 0.4) is 0 Å². The van der Waals surface area contributed by atoms with Crippen molar-refractivity contribution in [2.75, 3.05) is 18.0 Å². The van der Waals surface area contributed by atoms with Crippen LogP contribution in [0.4, 0.5) is 5.82 Å². The zero-order chi connectivity index (χ0) is 15.9. The molecular formula is C17H21N5O. The van der Waals surface area contributed by atoms with Crippen LogP contribution in [0.25, 0.3) is 0 Å². The molecule has 1 fully saturated rings. The Labute approximate surface area is 136 Å². The van der Waals surface area contributed by atoms with E-state index in [1.165, 1.54) is 0 Å². The second kappa shape index (κ2) is 7.67. The fourth-order valence-electron chi connectivity index (χ4n) is 2.86. The maximum Gasteiger partial charge on any atom is 0.220 e. The van der Waals surface area contributed by atoms with Gasteiger partial charge in [-0.3, -0.25) is 14.8 Å². The number of hydrogen-bond acceptors (Lipinski definition) is 5. The van der Waals surface area contributed by atoms with Crippen molar-refractivity contribution in [3.05, 3.63) is 48.7 Å². The summed E-state index contributed by atoms with van der Waals surface area (Å²) in [6.45, 7) is 1.75. The minimum atomic E-state index is 0.0971. The summed E-state index contributed by atoms with van der Waals surface area (Å²) < 4.78 is 0. The Morgan fingerprint density at radius 1 is 1.26 bits per heavy atom. The van der Waals surface area contributed by atoms with Crippen LogP contribution < -0.4 is 10.2 Å². The lowest BCUT2D eigenvalue weighted by atomic mass is 10.1. The van der Waals surface area contributed by atoms with Gasteiger partial charge in [0.25, 0.3) is 0 Å². The van der Waals surface area contributed by atoms with Crippen molar-refractivity contribution >= 4 is 11.7 Å². The van der Waals surface area contributed by atoms with Gasteiger partial charge in [0.05, 0.1) is 6.20 Å². The monoisotopic (exact) mass is 311 g/mol. The quantitative estimate of drug-likeness (QED) is 0.908. The highest BCUT2D eigenvalue weighted by Crippen LogP contribution is 2.16. The van der Waals surface area contributed by atoms with E-state index in [1.54, 1.807) is 24.8 Å². The zero-order valence-electron chi connectivity index (χ0n) is 13.1. The van der Waals surface area contributed by atoms with Crippen LogP contribution in [0.15, 0.2) is 43.1 Å². The van der Waals surface area contributed by atoms with E-state index in [4.69, 9.17) is 0 Å². The Hall–Kier alpha value is -2.50. The van der Waals surface area contributed by atoms with E-state index in [0.717, 1.165) is 43.7 Å². The van der Waals surface area contributed by atoms with Crippen LogP contribution >= 0.6 is 0 Å². The molecule has 0 bridgehead atoms. The van der Waals surface area contributed by atoms with Crippen molar-refractivity contribution in [1.29, 1.82) is 0 Å². The van der Waals surface area contributed by atoms with Gasteiger partial charge in [-0.05, 0) is 30.9 Å². The van der Waals surface area contributed by atoms with Crippen molar-refractivity contribution in [1.82, 2.24) is 20.3 Å². The SMILES string of the molecule is O=C(CCc1cccnc1)NC1CCCN(c2cnccn2)C1. The van der Waals surface area contributed by atoms with Crippen molar-refractivity contribution in [2.24, 2.45) is 0 Å². The lowest BCUT2D eigenvalue weighted by Crippen LogP contribution is -2.48. The summed E-state index contributed by atoms with van der Waals surface area (Å²) in [6.07, 6.45) is 12.0. The van der Waals surface area contributed by atoms with Crippen LogP contribution in [0, 0.1) is 0 Å². The molecule has 6 nitrogen and oxygen atoms in total. The molecule has 1 N–H and O–H groups in total. The first-order valence-corrected chi connectivity index (χ1v) is 8.00. The smallest absolute Gasteiger partial charge is 0.220 e. The highest BCUT2D eigenvalue weighted by Gasteiger charge is 2.22. The van der Waals surface area contributed by atoms with Gasteiger partial charge in [0.2, 0.25) is 5.91 Å². The van der Waals surface area contributed by atoms with Crippen LogP contribution in [-0.4, -0.2) is 40.0 Å². The first kappa shape index (κ1) is 15.4. The first-order valence-electron chi connectivity index (χ1n) is 8.00. The third-order valence-corrected chi connectivity index (χ3v) is 4.02. The average molecular weight is 311 g/mol. The van der Waals surface area contributed by atoms with Crippen LogP contribution in [0.5, 0.6) is 0 Å². The number of pyridine rings is 1. The topological polar surface area (TPSA) is 71.0 Å². The molecule has 23 heavy (non-hydrogen) atoms. The molecule has 0 saturated carbocycles. The van der Waals surface area contributed by atoms with Gasteiger partial charge in [0, 0.05) is 50.3 Å². The first-order chi connectivity index (χ1) is 11.3. The lowest BCUT2D eigenvalue weighted by Gasteiger charge is -2.33. The minimum Gasteiger partial charge on any atom is -0.353 e. The molecule has 6 heteroatoms. The van der Waals surface area contributed by atoms with E-state index < -0.39 is 0 Å². The average Bonchev–Trinajstić information content (AvgIpc) is 2.62. The third-order valence-electron chi connectivity index (χ3n) is 4.02. The number of anilines is 1. The van der Waals surface area contributed by atoms with Gasteiger partial charge >= 0.3 is 0 Å². The van der Waals surface area contributed by atoms with Gasteiger partial charge < -0.3 is 10.2 Å². The Morgan fingerprint density at radius 2 is 2.17 bits per heavy atom. The molecule has 0 spiro atoms. The molecule has 0 aliphatic carbocycles. The molecule has 120 valence electrons. The summed E-state index contributed by atoms with van der Waals surface area (Å²) >= 11 is 0. The molecule has 0 aromatic carbocycles. The Bertz CT molecular complexity index is 619. The van der Waals surface area contributed by atoms with Crippen molar-refractivity contribution in [3.8, 4) is 0 Å². The summed E-state index contributed by atoms with van der Waals surface area (Å²) in [5.74, 6) is 0.974. The van der Waals surface area contributed by atoms with E-state index in [2.05, 4.69) is 25.2 Å². The molecule has 2 aromatic rings. The number of nitrogens with one attached hydrogen (secondary N) is 1. The van der Waals surface area contributed by atoms with Crippen LogP contribution in [0.2, 0.25) is 0 Å². The van der Waals surface area contributed by atoms with E-state index in [0.29, 0.717) is 6.42 Å². The van der Waals surface area contributed by atoms with E-state index in [-0.39, 0.29) is 11.9 Å². The molecule has 0 radical (unpaired) electrons. The molecule has 3 rings (SSSR count). The number of piperidine rings is 1. The number of carbonyl (C=O) groups is 1. The number of rotatable bonds is 5. The number of aryl methyl sites for hydroxylation is 1. The largest absolute Gasteiger partial charge is 0.353 e. The molecule has 2 aromatic heterocycles. The van der Waals surface area contributed by atoms with Gasteiger partial charge in [-0.1, -0.05) is 6.07 Å². The molecule has 1 aliphatic rings. The Morgan fingerprint density at radius 3 is 2.96 bits per heavy atom. The summed E-state index contributed by atoms with van der Waals surface area (Å²) in [5, 5.41) is 3.14. The van der Waals surface area contributed by atoms with Crippen molar-refractivity contribution in [3.63, 3.8) is 0 Å². The van der Waals surface area contributed by atoms with E-state index in [9.17, 15) is 4.79 Å². The van der Waals surface area contributed by atoms with Crippen LogP contribution in [-0.2, 0) is 11.2 Å². The zero-order valence-corrected chi connectivity index (χ0v) is 13.1. The molecule has 3 heterocycles. The fourth-order valence-corrected chi connectivity index (χ4v) is 2.86. The minimum absolute atomic E-state index is 0.0971. The molecular weight excluding hydrogens is 290 g/mol. The summed E-state index contributed by atoms with van der Waals surface area (Å²) in [4.78, 5) is 26.9. The van der Waals surface area contributed by atoms with Crippen LogP contribution in [0.1, 0.15) is 24.8 Å². The summed E-state index contributed by atoms with van der Waals surface area (Å²) in [6, 6.07) is 4.07. The number of hydrogen-bond donors (Lipinski definition) is 1. The normalized spacial score (nSPS) is 17.7.